The Morgan fingerprint density at radius 1 is 1.11 bits per heavy atom. The van der Waals surface area contributed by atoms with Gasteiger partial charge in [0.1, 0.15) is 0 Å². The maximum Gasteiger partial charge on any atom is 0.0230 e. The molecule has 1 rings (SSSR count). The van der Waals surface area contributed by atoms with E-state index in [4.69, 9.17) is 0 Å². The molecule has 0 aliphatic heterocycles. The summed E-state index contributed by atoms with van der Waals surface area (Å²) in [5.74, 6) is 0. The summed E-state index contributed by atoms with van der Waals surface area (Å²) in [5.41, 5.74) is 1.40. The molecule has 1 N–H and O–H groups in total. The van der Waals surface area contributed by atoms with Gasteiger partial charge in [-0.2, -0.15) is 0 Å². The Hall–Kier alpha value is -0.860. The monoisotopic (exact) mass is 248 g/mol. The van der Waals surface area contributed by atoms with Crippen LogP contribution >= 0.6 is 0 Å². The van der Waals surface area contributed by atoms with Crippen molar-refractivity contribution in [1.82, 2.24) is 10.2 Å². The molecule has 1 aromatic carbocycles. The highest BCUT2D eigenvalue weighted by atomic mass is 15.1. The molecule has 0 atom stereocenters. The van der Waals surface area contributed by atoms with E-state index < -0.39 is 0 Å². The van der Waals surface area contributed by atoms with Gasteiger partial charge in [0.25, 0.3) is 0 Å². The second-order valence-electron chi connectivity index (χ2n) is 5.04. The van der Waals surface area contributed by atoms with Gasteiger partial charge in [0.05, 0.1) is 0 Å². The first-order valence-corrected chi connectivity index (χ1v) is 7.22. The van der Waals surface area contributed by atoms with Crippen molar-refractivity contribution in [3.8, 4) is 0 Å². The van der Waals surface area contributed by atoms with Crippen molar-refractivity contribution >= 4 is 0 Å². The van der Waals surface area contributed by atoms with Crippen LogP contribution in [0.4, 0.5) is 0 Å². The Morgan fingerprint density at radius 3 is 2.39 bits per heavy atom. The predicted octanol–water partition coefficient (Wildman–Crippen LogP) is 3.29. The number of nitrogens with one attached hydrogen (secondary N) is 1. The topological polar surface area (TPSA) is 15.3 Å². The molecule has 0 saturated heterocycles. The molecule has 18 heavy (non-hydrogen) atoms. The van der Waals surface area contributed by atoms with Crippen LogP contribution in [-0.4, -0.2) is 31.1 Å². The van der Waals surface area contributed by atoms with Crippen LogP contribution < -0.4 is 5.32 Å². The molecular weight excluding hydrogens is 220 g/mol. The molecule has 0 amide bonds. The van der Waals surface area contributed by atoms with Gasteiger partial charge in [-0.1, -0.05) is 44.2 Å². The Balaban J connectivity index is 2.12. The highest BCUT2D eigenvalue weighted by molar-refractivity contribution is 5.14. The summed E-state index contributed by atoms with van der Waals surface area (Å²) in [6.45, 7) is 7.84. The number of hydrogen-bond donors (Lipinski definition) is 1. The normalized spacial score (nSPS) is 11.4. The van der Waals surface area contributed by atoms with Crippen LogP contribution in [0.5, 0.6) is 0 Å². The van der Waals surface area contributed by atoms with E-state index in [1.54, 1.807) is 0 Å². The van der Waals surface area contributed by atoms with Crippen LogP contribution in [0.3, 0.4) is 0 Å². The summed E-state index contributed by atoms with van der Waals surface area (Å²) >= 11 is 0. The summed E-state index contributed by atoms with van der Waals surface area (Å²) in [6, 6.07) is 11.4. The lowest BCUT2D eigenvalue weighted by molar-refractivity contribution is 0.315. The molecule has 0 bridgehead atoms. The first-order valence-electron chi connectivity index (χ1n) is 7.22. The van der Waals surface area contributed by atoms with E-state index in [-0.39, 0.29) is 0 Å². The Kier molecular flexibility index (Phi) is 7.70. The molecule has 0 saturated carbocycles. The van der Waals surface area contributed by atoms with Gasteiger partial charge in [-0.3, -0.25) is 0 Å². The fraction of sp³-hybridized carbons (Fsp3) is 0.625. The minimum atomic E-state index is 0.699. The molecule has 2 heteroatoms. The van der Waals surface area contributed by atoms with E-state index in [1.165, 1.54) is 24.8 Å². The van der Waals surface area contributed by atoms with Gasteiger partial charge in [-0.15, -0.1) is 0 Å². The number of rotatable bonds is 9. The lowest BCUT2D eigenvalue weighted by atomic mass is 10.1. The first kappa shape index (κ1) is 15.2. The average Bonchev–Trinajstić information content (AvgIpc) is 2.40. The van der Waals surface area contributed by atoms with Gasteiger partial charge >= 0.3 is 0 Å². The molecule has 0 aromatic heterocycles. The molecule has 1 aromatic rings. The third-order valence-corrected chi connectivity index (χ3v) is 3.43. The van der Waals surface area contributed by atoms with Crippen LogP contribution in [0.1, 0.15) is 38.7 Å². The van der Waals surface area contributed by atoms with Gasteiger partial charge < -0.3 is 10.2 Å². The lowest BCUT2D eigenvalue weighted by Gasteiger charge is -2.18. The van der Waals surface area contributed by atoms with Gasteiger partial charge in [0.15, 0.2) is 0 Å². The quantitative estimate of drug-likeness (QED) is 0.675. The Labute approximate surface area is 112 Å². The van der Waals surface area contributed by atoms with Gasteiger partial charge in [0.2, 0.25) is 0 Å². The van der Waals surface area contributed by atoms with Crippen LogP contribution in [0, 0.1) is 0 Å². The Bertz CT molecular complexity index is 293. The average molecular weight is 248 g/mol. The first-order chi connectivity index (χ1) is 8.76. The number of nitrogens with zero attached hydrogens (tertiary/aromatic N) is 1. The van der Waals surface area contributed by atoms with Crippen molar-refractivity contribution in [2.75, 3.05) is 20.1 Å². The molecule has 2 nitrogen and oxygen atoms in total. The summed E-state index contributed by atoms with van der Waals surface area (Å²) in [6.07, 6.45) is 3.69. The molecule has 0 aliphatic rings. The summed E-state index contributed by atoms with van der Waals surface area (Å²) in [5, 5.41) is 3.61. The number of benzene rings is 1. The van der Waals surface area contributed by atoms with Crippen molar-refractivity contribution in [2.24, 2.45) is 0 Å². The maximum absolute atomic E-state index is 3.61. The zero-order valence-electron chi connectivity index (χ0n) is 12.2. The minimum Gasteiger partial charge on any atom is -0.314 e. The van der Waals surface area contributed by atoms with Crippen LogP contribution in [-0.2, 0) is 6.54 Å². The summed E-state index contributed by atoms with van der Waals surface area (Å²) in [7, 11) is 2.20. The minimum absolute atomic E-state index is 0.699. The second kappa shape index (κ2) is 9.12. The SMILES string of the molecule is CCC(CC)NCCCN(C)Cc1ccccc1. The van der Waals surface area contributed by atoms with Crippen molar-refractivity contribution in [3.63, 3.8) is 0 Å². The van der Waals surface area contributed by atoms with E-state index in [9.17, 15) is 0 Å². The predicted molar refractivity (Wildman–Crippen MR) is 79.8 cm³/mol. The third-order valence-electron chi connectivity index (χ3n) is 3.43. The van der Waals surface area contributed by atoms with E-state index in [1.807, 2.05) is 0 Å². The molecule has 0 aliphatic carbocycles. The molecule has 0 spiro atoms. The molecular formula is C16H28N2. The zero-order valence-corrected chi connectivity index (χ0v) is 12.2. The standard InChI is InChI=1S/C16H28N2/c1-4-16(5-2)17-12-9-13-18(3)14-15-10-7-6-8-11-15/h6-8,10-11,16-17H,4-5,9,12-14H2,1-3H3. The van der Waals surface area contributed by atoms with Crippen LogP contribution in [0.25, 0.3) is 0 Å². The highest BCUT2D eigenvalue weighted by Gasteiger charge is 2.02. The molecule has 102 valence electrons. The molecule has 0 radical (unpaired) electrons. The number of hydrogen-bond acceptors (Lipinski definition) is 2. The van der Waals surface area contributed by atoms with Crippen LogP contribution in [0.2, 0.25) is 0 Å². The fourth-order valence-corrected chi connectivity index (χ4v) is 2.21. The van der Waals surface area contributed by atoms with Crippen LogP contribution in [0.15, 0.2) is 30.3 Å². The molecule has 0 unspecified atom stereocenters. The molecule has 0 heterocycles. The van der Waals surface area contributed by atoms with Crippen molar-refractivity contribution < 1.29 is 0 Å². The van der Waals surface area contributed by atoms with E-state index in [2.05, 4.69) is 61.4 Å². The van der Waals surface area contributed by atoms with Gasteiger partial charge in [-0.05, 0) is 45.0 Å². The maximum atomic E-state index is 3.61. The van der Waals surface area contributed by atoms with Crippen molar-refractivity contribution in [2.45, 2.75) is 45.7 Å². The van der Waals surface area contributed by atoms with E-state index in [0.29, 0.717) is 6.04 Å². The smallest absolute Gasteiger partial charge is 0.0230 e. The van der Waals surface area contributed by atoms with E-state index >= 15 is 0 Å². The second-order valence-corrected chi connectivity index (χ2v) is 5.04. The Morgan fingerprint density at radius 2 is 1.78 bits per heavy atom. The van der Waals surface area contributed by atoms with Gasteiger partial charge in [-0.25, -0.2) is 0 Å². The largest absolute Gasteiger partial charge is 0.314 e. The zero-order chi connectivity index (χ0) is 13.2. The molecule has 0 fully saturated rings. The van der Waals surface area contributed by atoms with Gasteiger partial charge in [0, 0.05) is 12.6 Å². The van der Waals surface area contributed by atoms with Crippen molar-refractivity contribution in [1.29, 1.82) is 0 Å². The lowest BCUT2D eigenvalue weighted by Crippen LogP contribution is -2.30. The van der Waals surface area contributed by atoms with E-state index in [0.717, 1.165) is 19.6 Å². The van der Waals surface area contributed by atoms with Crippen molar-refractivity contribution in [3.05, 3.63) is 35.9 Å². The fourth-order valence-electron chi connectivity index (χ4n) is 2.21. The summed E-state index contributed by atoms with van der Waals surface area (Å²) < 4.78 is 0. The summed E-state index contributed by atoms with van der Waals surface area (Å²) in [4.78, 5) is 2.39. The highest BCUT2D eigenvalue weighted by Crippen LogP contribution is 2.03. The third kappa shape index (κ3) is 6.18.